The molecule has 2 heterocycles. The molecule has 0 aliphatic rings. The van der Waals surface area contributed by atoms with E-state index in [0.717, 1.165) is 11.3 Å². The minimum Gasteiger partial charge on any atom is -0.365 e. The van der Waals surface area contributed by atoms with Gasteiger partial charge in [0.1, 0.15) is 0 Å². The fourth-order valence-electron chi connectivity index (χ4n) is 2.50. The van der Waals surface area contributed by atoms with Gasteiger partial charge in [-0.2, -0.15) is 10.1 Å². The third-order valence-electron chi connectivity index (χ3n) is 3.76. The zero-order chi connectivity index (χ0) is 17.7. The first kappa shape index (κ1) is 16.8. The number of anilines is 3. The van der Waals surface area contributed by atoms with Gasteiger partial charge < -0.3 is 10.6 Å². The summed E-state index contributed by atoms with van der Waals surface area (Å²) in [5.41, 5.74) is 3.34. The molecule has 0 unspecified atom stereocenters. The van der Waals surface area contributed by atoms with Gasteiger partial charge in [0.25, 0.3) is 0 Å². The summed E-state index contributed by atoms with van der Waals surface area (Å²) in [6.07, 6.45) is 5.15. The van der Waals surface area contributed by atoms with E-state index in [9.17, 15) is 0 Å². The molecule has 0 aliphatic heterocycles. The highest BCUT2D eigenvalue weighted by molar-refractivity contribution is 5.60. The number of nitrogens with one attached hydrogen (secondary N) is 2. The summed E-state index contributed by atoms with van der Waals surface area (Å²) >= 11 is 0. The fraction of sp³-hybridized carbons (Fsp3) is 0.263. The van der Waals surface area contributed by atoms with Crippen molar-refractivity contribution in [2.45, 2.75) is 32.7 Å². The van der Waals surface area contributed by atoms with Crippen LogP contribution in [0.5, 0.6) is 0 Å². The van der Waals surface area contributed by atoms with Crippen LogP contribution in [-0.4, -0.2) is 20.2 Å². The van der Waals surface area contributed by atoms with Crippen molar-refractivity contribution in [3.63, 3.8) is 0 Å². The van der Waals surface area contributed by atoms with Gasteiger partial charge in [-0.3, -0.25) is 4.98 Å². The molecule has 0 saturated carbocycles. The Bertz CT molecular complexity index is 827. The minimum absolute atomic E-state index is 0.0221. The van der Waals surface area contributed by atoms with E-state index in [1.807, 2.05) is 30.3 Å². The number of pyridine rings is 1. The van der Waals surface area contributed by atoms with Crippen LogP contribution in [0, 0.1) is 0 Å². The van der Waals surface area contributed by atoms with Crippen molar-refractivity contribution >= 4 is 17.5 Å². The standard InChI is InChI=1S/C19H22N6/c1-19(2,3)15-6-4-5-7-16(15)23-18-24-17(13-22-25-18)21-12-14-8-10-20-11-9-14/h4-11,13H,12H2,1-3H3,(H2,21,23,24,25). The van der Waals surface area contributed by atoms with Gasteiger partial charge in [-0.25, -0.2) is 0 Å². The third-order valence-corrected chi connectivity index (χ3v) is 3.76. The molecule has 1 aromatic carbocycles. The van der Waals surface area contributed by atoms with Gasteiger partial charge in [-0.05, 0) is 34.7 Å². The Hall–Kier alpha value is -3.02. The zero-order valence-electron chi connectivity index (χ0n) is 14.7. The van der Waals surface area contributed by atoms with Crippen LogP contribution in [0.4, 0.5) is 17.5 Å². The summed E-state index contributed by atoms with van der Waals surface area (Å²) in [6.45, 7) is 7.19. The quantitative estimate of drug-likeness (QED) is 0.736. The number of hydrogen-bond acceptors (Lipinski definition) is 6. The Morgan fingerprint density at radius 3 is 2.52 bits per heavy atom. The maximum absolute atomic E-state index is 4.49. The van der Waals surface area contributed by atoms with Gasteiger partial charge >= 0.3 is 0 Å². The summed E-state index contributed by atoms with van der Waals surface area (Å²) < 4.78 is 0. The van der Waals surface area contributed by atoms with Crippen LogP contribution in [-0.2, 0) is 12.0 Å². The van der Waals surface area contributed by atoms with Crippen LogP contribution in [0.1, 0.15) is 31.9 Å². The smallest absolute Gasteiger partial charge is 0.249 e. The Labute approximate surface area is 147 Å². The highest BCUT2D eigenvalue weighted by Gasteiger charge is 2.18. The summed E-state index contributed by atoms with van der Waals surface area (Å²) in [4.78, 5) is 8.51. The highest BCUT2D eigenvalue weighted by atomic mass is 15.3. The number of para-hydroxylation sites is 1. The number of benzene rings is 1. The number of rotatable bonds is 5. The van der Waals surface area contributed by atoms with Gasteiger partial charge in [-0.15, -0.1) is 5.10 Å². The minimum atomic E-state index is 0.0221. The molecule has 0 amide bonds. The maximum atomic E-state index is 4.49. The molecular weight excluding hydrogens is 312 g/mol. The van der Waals surface area contributed by atoms with Crippen LogP contribution < -0.4 is 10.6 Å². The number of nitrogens with zero attached hydrogens (tertiary/aromatic N) is 4. The molecule has 2 N–H and O–H groups in total. The molecule has 128 valence electrons. The Morgan fingerprint density at radius 2 is 1.76 bits per heavy atom. The van der Waals surface area contributed by atoms with Crippen LogP contribution in [0.15, 0.2) is 55.0 Å². The van der Waals surface area contributed by atoms with E-state index in [4.69, 9.17) is 0 Å². The number of hydrogen-bond donors (Lipinski definition) is 2. The van der Waals surface area contributed by atoms with Crippen molar-refractivity contribution in [2.24, 2.45) is 0 Å². The first-order chi connectivity index (χ1) is 12.0. The van der Waals surface area contributed by atoms with Crippen molar-refractivity contribution < 1.29 is 0 Å². The first-order valence-corrected chi connectivity index (χ1v) is 8.21. The van der Waals surface area contributed by atoms with E-state index in [0.29, 0.717) is 18.3 Å². The predicted molar refractivity (Wildman–Crippen MR) is 99.8 cm³/mol. The average molecular weight is 334 g/mol. The van der Waals surface area contributed by atoms with Crippen LogP contribution in [0.25, 0.3) is 0 Å². The van der Waals surface area contributed by atoms with Crippen LogP contribution >= 0.6 is 0 Å². The van der Waals surface area contributed by atoms with Gasteiger partial charge in [0.05, 0.1) is 6.20 Å². The van der Waals surface area contributed by atoms with E-state index in [1.54, 1.807) is 18.6 Å². The molecule has 0 fully saturated rings. The molecule has 0 radical (unpaired) electrons. The second kappa shape index (κ2) is 7.25. The highest BCUT2D eigenvalue weighted by Crippen LogP contribution is 2.30. The zero-order valence-corrected chi connectivity index (χ0v) is 14.7. The normalized spacial score (nSPS) is 11.2. The Kier molecular flexibility index (Phi) is 4.88. The van der Waals surface area contributed by atoms with Gasteiger partial charge in [-0.1, -0.05) is 39.0 Å². The third kappa shape index (κ3) is 4.50. The molecule has 0 saturated heterocycles. The van der Waals surface area contributed by atoms with E-state index in [-0.39, 0.29) is 5.41 Å². The summed E-state index contributed by atoms with van der Waals surface area (Å²) in [7, 11) is 0. The van der Waals surface area contributed by atoms with E-state index in [2.05, 4.69) is 57.6 Å². The molecule has 3 rings (SSSR count). The summed E-state index contributed by atoms with van der Waals surface area (Å²) in [5, 5.41) is 14.7. The van der Waals surface area contributed by atoms with E-state index < -0.39 is 0 Å². The van der Waals surface area contributed by atoms with Crippen LogP contribution in [0.3, 0.4) is 0 Å². The second-order valence-corrected chi connectivity index (χ2v) is 6.79. The average Bonchev–Trinajstić information content (AvgIpc) is 2.61. The van der Waals surface area contributed by atoms with Gasteiger partial charge in [0, 0.05) is 24.6 Å². The number of aromatic nitrogens is 4. The van der Waals surface area contributed by atoms with E-state index in [1.165, 1.54) is 5.56 Å². The monoisotopic (exact) mass is 334 g/mol. The van der Waals surface area contributed by atoms with Gasteiger partial charge in [0.2, 0.25) is 5.95 Å². The summed E-state index contributed by atoms with van der Waals surface area (Å²) in [5.74, 6) is 1.14. The lowest BCUT2D eigenvalue weighted by atomic mass is 9.86. The van der Waals surface area contributed by atoms with Crippen LogP contribution in [0.2, 0.25) is 0 Å². The van der Waals surface area contributed by atoms with Crippen molar-refractivity contribution in [1.29, 1.82) is 0 Å². The topological polar surface area (TPSA) is 75.6 Å². The molecule has 6 nitrogen and oxygen atoms in total. The molecule has 0 bridgehead atoms. The fourth-order valence-corrected chi connectivity index (χ4v) is 2.50. The molecule has 2 aromatic heterocycles. The Balaban J connectivity index is 1.74. The predicted octanol–water partition coefficient (Wildman–Crippen LogP) is 3.92. The lowest BCUT2D eigenvalue weighted by Crippen LogP contribution is -2.14. The molecule has 3 aromatic rings. The first-order valence-electron chi connectivity index (χ1n) is 8.21. The molecular formula is C19H22N6. The molecule has 25 heavy (non-hydrogen) atoms. The molecule has 0 atom stereocenters. The van der Waals surface area contributed by atoms with Crippen molar-refractivity contribution in [3.05, 3.63) is 66.1 Å². The Morgan fingerprint density at radius 1 is 1.00 bits per heavy atom. The van der Waals surface area contributed by atoms with Gasteiger partial charge in [0.15, 0.2) is 5.82 Å². The largest absolute Gasteiger partial charge is 0.365 e. The maximum Gasteiger partial charge on any atom is 0.249 e. The molecule has 6 heteroatoms. The lowest BCUT2D eigenvalue weighted by molar-refractivity contribution is 0.592. The molecule has 0 aliphatic carbocycles. The second-order valence-electron chi connectivity index (χ2n) is 6.79. The lowest BCUT2D eigenvalue weighted by Gasteiger charge is -2.22. The molecule has 0 spiro atoms. The van der Waals surface area contributed by atoms with Crippen molar-refractivity contribution in [3.8, 4) is 0 Å². The van der Waals surface area contributed by atoms with Crippen molar-refractivity contribution in [2.75, 3.05) is 10.6 Å². The SMILES string of the molecule is CC(C)(C)c1ccccc1Nc1nncc(NCc2ccncc2)n1. The summed E-state index contributed by atoms with van der Waals surface area (Å²) in [6, 6.07) is 12.1. The van der Waals surface area contributed by atoms with Crippen molar-refractivity contribution in [1.82, 2.24) is 20.2 Å². The van der Waals surface area contributed by atoms with E-state index >= 15 is 0 Å².